The third-order valence-corrected chi connectivity index (χ3v) is 3.84. The summed E-state index contributed by atoms with van der Waals surface area (Å²) in [5.41, 5.74) is 2.74. The average molecular weight is 331 g/mol. The fourth-order valence-corrected chi connectivity index (χ4v) is 2.66. The predicted octanol–water partition coefficient (Wildman–Crippen LogP) is 4.29. The van der Waals surface area contributed by atoms with Crippen LogP contribution >= 0.6 is 22.6 Å². The normalized spacial score (nSPS) is 12.5. The Kier molecular flexibility index (Phi) is 6.17. The molecule has 1 unspecified atom stereocenters. The topological polar surface area (TPSA) is 3.24 Å². The fourth-order valence-electron chi connectivity index (χ4n) is 1.71. The quantitative estimate of drug-likeness (QED) is 0.555. The van der Waals surface area contributed by atoms with E-state index in [2.05, 4.69) is 72.8 Å². The largest absolute Gasteiger partial charge is 0.378 e. The van der Waals surface area contributed by atoms with E-state index >= 15 is 0 Å². The fraction of sp³-hybridized carbons (Fsp3) is 0.571. The van der Waals surface area contributed by atoms with Crippen molar-refractivity contribution in [2.45, 2.75) is 36.5 Å². The minimum Gasteiger partial charge on any atom is -0.378 e. The van der Waals surface area contributed by atoms with Crippen molar-refractivity contribution in [2.24, 2.45) is 0 Å². The van der Waals surface area contributed by atoms with Crippen LogP contribution in [0.15, 0.2) is 24.3 Å². The molecule has 0 aliphatic heterocycles. The van der Waals surface area contributed by atoms with Crippen molar-refractivity contribution in [3.05, 3.63) is 29.8 Å². The molecule has 0 aromatic heterocycles. The van der Waals surface area contributed by atoms with E-state index in [4.69, 9.17) is 0 Å². The van der Waals surface area contributed by atoms with E-state index in [1.54, 1.807) is 0 Å². The second-order valence-electron chi connectivity index (χ2n) is 4.50. The number of hydrogen-bond acceptors (Lipinski definition) is 1. The third kappa shape index (κ3) is 4.73. The zero-order chi connectivity index (χ0) is 12.0. The molecule has 0 N–H and O–H groups in total. The first-order chi connectivity index (χ1) is 7.63. The molecule has 1 nitrogen and oxygen atoms in total. The molecular formula is C14H22IN. The summed E-state index contributed by atoms with van der Waals surface area (Å²) in [6.07, 6.45) is 5.20. The van der Waals surface area contributed by atoms with Gasteiger partial charge < -0.3 is 4.90 Å². The minimum atomic E-state index is 0.780. The van der Waals surface area contributed by atoms with Gasteiger partial charge in [-0.2, -0.15) is 0 Å². The van der Waals surface area contributed by atoms with Gasteiger partial charge in [-0.25, -0.2) is 0 Å². The van der Waals surface area contributed by atoms with Crippen LogP contribution in [0.2, 0.25) is 0 Å². The molecule has 1 rings (SSSR count). The molecule has 0 radical (unpaired) electrons. The molecule has 0 amide bonds. The number of benzene rings is 1. The van der Waals surface area contributed by atoms with Gasteiger partial charge in [0.2, 0.25) is 0 Å². The van der Waals surface area contributed by atoms with Gasteiger partial charge in [0, 0.05) is 23.7 Å². The van der Waals surface area contributed by atoms with E-state index in [1.165, 1.54) is 36.9 Å². The molecule has 1 atom stereocenters. The van der Waals surface area contributed by atoms with Crippen LogP contribution < -0.4 is 4.90 Å². The number of anilines is 1. The number of halogens is 1. The predicted molar refractivity (Wildman–Crippen MR) is 81.8 cm³/mol. The van der Waals surface area contributed by atoms with Crippen molar-refractivity contribution in [1.29, 1.82) is 0 Å². The maximum absolute atomic E-state index is 2.58. The second-order valence-corrected chi connectivity index (χ2v) is 6.27. The lowest BCUT2D eigenvalue weighted by Crippen LogP contribution is -2.08. The van der Waals surface area contributed by atoms with E-state index < -0.39 is 0 Å². The number of nitrogens with zero attached hydrogens (tertiary/aromatic N) is 1. The van der Waals surface area contributed by atoms with Crippen molar-refractivity contribution in [1.82, 2.24) is 0 Å². The van der Waals surface area contributed by atoms with Crippen molar-refractivity contribution >= 4 is 28.3 Å². The Morgan fingerprint density at radius 1 is 1.19 bits per heavy atom. The summed E-state index contributed by atoms with van der Waals surface area (Å²) in [7, 11) is 4.16. The molecular weight excluding hydrogens is 309 g/mol. The van der Waals surface area contributed by atoms with Gasteiger partial charge in [0.05, 0.1) is 0 Å². The molecule has 1 aromatic rings. The van der Waals surface area contributed by atoms with Gasteiger partial charge in [0.15, 0.2) is 0 Å². The molecule has 0 saturated carbocycles. The van der Waals surface area contributed by atoms with Gasteiger partial charge >= 0.3 is 0 Å². The van der Waals surface area contributed by atoms with Crippen molar-refractivity contribution in [2.75, 3.05) is 19.0 Å². The number of hydrogen-bond donors (Lipinski definition) is 0. The van der Waals surface area contributed by atoms with Crippen LogP contribution in [0.5, 0.6) is 0 Å². The maximum Gasteiger partial charge on any atom is 0.0361 e. The Balaban J connectivity index is 2.48. The van der Waals surface area contributed by atoms with Crippen LogP contribution in [0.25, 0.3) is 0 Å². The summed E-state index contributed by atoms with van der Waals surface area (Å²) in [6.45, 7) is 2.26. The summed E-state index contributed by atoms with van der Waals surface area (Å²) >= 11 is 2.58. The summed E-state index contributed by atoms with van der Waals surface area (Å²) in [5.74, 6) is 0. The molecule has 0 fully saturated rings. The summed E-state index contributed by atoms with van der Waals surface area (Å²) < 4.78 is 0.780. The summed E-state index contributed by atoms with van der Waals surface area (Å²) in [5, 5.41) is 0. The Hall–Kier alpha value is -0.250. The Morgan fingerprint density at radius 2 is 1.81 bits per heavy atom. The minimum absolute atomic E-state index is 0.780. The van der Waals surface area contributed by atoms with Gasteiger partial charge in [-0.15, -0.1) is 0 Å². The highest BCUT2D eigenvalue weighted by Gasteiger charge is 2.05. The molecule has 90 valence electrons. The van der Waals surface area contributed by atoms with Gasteiger partial charge in [-0.05, 0) is 30.5 Å². The first-order valence-corrected chi connectivity index (χ1v) is 7.28. The zero-order valence-corrected chi connectivity index (χ0v) is 12.7. The monoisotopic (exact) mass is 331 g/mol. The Morgan fingerprint density at radius 3 is 2.31 bits per heavy atom. The van der Waals surface area contributed by atoms with Gasteiger partial charge in [-0.1, -0.05) is 54.5 Å². The summed E-state index contributed by atoms with van der Waals surface area (Å²) in [4.78, 5) is 2.14. The van der Waals surface area contributed by atoms with E-state index in [0.717, 1.165) is 3.92 Å². The standard InChI is InChI=1S/C14H22IN/c1-4-5-6-13(15)11-12-7-9-14(10-8-12)16(2)3/h7-10,13H,4-6,11H2,1-3H3. The smallest absolute Gasteiger partial charge is 0.0361 e. The van der Waals surface area contributed by atoms with E-state index in [-0.39, 0.29) is 0 Å². The average Bonchev–Trinajstić information content (AvgIpc) is 2.27. The highest BCUT2D eigenvalue weighted by molar-refractivity contribution is 14.1. The number of unbranched alkanes of at least 4 members (excludes halogenated alkanes) is 1. The lowest BCUT2D eigenvalue weighted by Gasteiger charge is -2.14. The van der Waals surface area contributed by atoms with E-state index in [1.807, 2.05) is 0 Å². The SMILES string of the molecule is CCCCC(I)Cc1ccc(N(C)C)cc1. The van der Waals surface area contributed by atoms with Crippen molar-refractivity contribution in [3.63, 3.8) is 0 Å². The van der Waals surface area contributed by atoms with Crippen LogP contribution in [-0.4, -0.2) is 18.0 Å². The van der Waals surface area contributed by atoms with E-state index in [9.17, 15) is 0 Å². The third-order valence-electron chi connectivity index (χ3n) is 2.78. The first kappa shape index (κ1) is 13.8. The van der Waals surface area contributed by atoms with Gasteiger partial charge in [-0.3, -0.25) is 0 Å². The molecule has 0 aliphatic rings. The molecule has 0 spiro atoms. The van der Waals surface area contributed by atoms with Crippen molar-refractivity contribution < 1.29 is 0 Å². The van der Waals surface area contributed by atoms with Crippen LogP contribution in [-0.2, 0) is 6.42 Å². The van der Waals surface area contributed by atoms with Crippen molar-refractivity contribution in [3.8, 4) is 0 Å². The zero-order valence-electron chi connectivity index (χ0n) is 10.5. The van der Waals surface area contributed by atoms with Crippen LogP contribution in [0.3, 0.4) is 0 Å². The lowest BCUT2D eigenvalue weighted by molar-refractivity contribution is 0.696. The molecule has 1 aromatic carbocycles. The summed E-state index contributed by atoms with van der Waals surface area (Å²) in [6, 6.07) is 8.93. The lowest BCUT2D eigenvalue weighted by atomic mass is 10.1. The van der Waals surface area contributed by atoms with Crippen LogP contribution in [0.1, 0.15) is 31.7 Å². The van der Waals surface area contributed by atoms with Gasteiger partial charge in [0.1, 0.15) is 0 Å². The Labute approximate surface area is 113 Å². The first-order valence-electron chi connectivity index (χ1n) is 6.03. The molecule has 0 bridgehead atoms. The van der Waals surface area contributed by atoms with Crippen LogP contribution in [0.4, 0.5) is 5.69 Å². The highest BCUT2D eigenvalue weighted by atomic mass is 127. The molecule has 0 heterocycles. The molecule has 0 aliphatic carbocycles. The molecule has 16 heavy (non-hydrogen) atoms. The Bertz CT molecular complexity index is 292. The molecule has 2 heteroatoms. The second kappa shape index (κ2) is 7.15. The molecule has 0 saturated heterocycles. The maximum atomic E-state index is 2.58. The number of rotatable bonds is 6. The number of alkyl halides is 1. The van der Waals surface area contributed by atoms with E-state index in [0.29, 0.717) is 0 Å². The van der Waals surface area contributed by atoms with Gasteiger partial charge in [0.25, 0.3) is 0 Å². The highest BCUT2D eigenvalue weighted by Crippen LogP contribution is 2.19. The van der Waals surface area contributed by atoms with Crippen LogP contribution in [0, 0.1) is 0 Å².